The van der Waals surface area contributed by atoms with E-state index < -0.39 is 13.7 Å². The normalized spacial score (nSPS) is 19.0. The van der Waals surface area contributed by atoms with E-state index in [-0.39, 0.29) is 22.4 Å². The first-order chi connectivity index (χ1) is 14.7. The predicted molar refractivity (Wildman–Crippen MR) is 132 cm³/mol. The van der Waals surface area contributed by atoms with Gasteiger partial charge in [-0.05, 0) is 88.7 Å². The molecule has 32 heavy (non-hydrogen) atoms. The summed E-state index contributed by atoms with van der Waals surface area (Å²) in [5, 5.41) is 0.194. The Morgan fingerprint density at radius 2 is 1.62 bits per heavy atom. The molecule has 1 atom stereocenters. The van der Waals surface area contributed by atoms with Crippen LogP contribution in [0.2, 0.25) is 18.1 Å². The van der Waals surface area contributed by atoms with Crippen LogP contribution in [0.15, 0.2) is 29.3 Å². The molecular weight excluding hydrogens is 421 g/mol. The van der Waals surface area contributed by atoms with Gasteiger partial charge in [0.05, 0.1) is 12.0 Å². The van der Waals surface area contributed by atoms with Gasteiger partial charge in [-0.3, -0.25) is 9.79 Å². The lowest BCUT2D eigenvalue weighted by Gasteiger charge is -2.36. The third-order valence-corrected chi connectivity index (χ3v) is 11.2. The van der Waals surface area contributed by atoms with E-state index in [1.165, 1.54) is 17.8 Å². The topological polar surface area (TPSA) is 47.9 Å². The van der Waals surface area contributed by atoms with E-state index in [2.05, 4.69) is 33.9 Å². The van der Waals surface area contributed by atoms with E-state index in [0.717, 1.165) is 44.3 Å². The fourth-order valence-electron chi connectivity index (χ4n) is 3.41. The predicted octanol–water partition coefficient (Wildman–Crippen LogP) is 7.04. The van der Waals surface area contributed by atoms with Crippen molar-refractivity contribution in [1.29, 1.82) is 0 Å². The number of aliphatic imine (C=N–C) groups is 1. The third-order valence-electron chi connectivity index (χ3n) is 6.68. The Kier molecular flexibility index (Phi) is 8.49. The molecule has 4 nitrogen and oxygen atoms in total. The highest BCUT2D eigenvalue weighted by Crippen LogP contribution is 2.46. The molecule has 0 aromatic heterocycles. The van der Waals surface area contributed by atoms with Crippen LogP contribution in [-0.4, -0.2) is 33.2 Å². The zero-order valence-corrected chi connectivity index (χ0v) is 22.3. The van der Waals surface area contributed by atoms with Crippen LogP contribution in [0.1, 0.15) is 79.2 Å². The largest absolute Gasteiger partial charge is 0.465 e. The van der Waals surface area contributed by atoms with Crippen molar-refractivity contribution in [3.8, 4) is 0 Å². The first kappa shape index (κ1) is 26.7. The number of carbonyl (C=O) groups excluding carboxylic acids is 1. The Morgan fingerprint density at radius 1 is 1.00 bits per heavy atom. The summed E-state index contributed by atoms with van der Waals surface area (Å²) in [5.74, 6) is -0.392. The lowest BCUT2D eigenvalue weighted by Crippen LogP contribution is -2.41. The lowest BCUT2D eigenvalue weighted by molar-refractivity contribution is -0.153. The minimum absolute atomic E-state index is 0.163. The number of benzene rings is 1. The van der Waals surface area contributed by atoms with Crippen molar-refractivity contribution >= 4 is 20.0 Å². The number of hydrogen-bond donors (Lipinski definition) is 0. The molecule has 0 fully saturated rings. The zero-order chi connectivity index (χ0) is 24.2. The molecule has 2 rings (SSSR count). The van der Waals surface area contributed by atoms with E-state index >= 15 is 0 Å². The van der Waals surface area contributed by atoms with Gasteiger partial charge in [0.1, 0.15) is 11.4 Å². The number of halogens is 1. The van der Waals surface area contributed by atoms with Crippen LogP contribution in [0.25, 0.3) is 0 Å². The number of rotatable bonds is 11. The maximum atomic E-state index is 13.5. The van der Waals surface area contributed by atoms with Crippen LogP contribution < -0.4 is 0 Å². The molecule has 180 valence electrons. The molecule has 1 heterocycles. The maximum absolute atomic E-state index is 13.5. The van der Waals surface area contributed by atoms with Gasteiger partial charge in [0.2, 0.25) is 0 Å². The molecule has 0 aliphatic carbocycles. The van der Waals surface area contributed by atoms with Gasteiger partial charge < -0.3 is 9.16 Å². The molecule has 0 bridgehead atoms. The highest BCUT2D eigenvalue weighted by molar-refractivity contribution is 6.74. The van der Waals surface area contributed by atoms with Crippen LogP contribution in [0.3, 0.4) is 0 Å². The molecule has 1 aromatic carbocycles. The van der Waals surface area contributed by atoms with E-state index in [9.17, 15) is 9.18 Å². The van der Waals surface area contributed by atoms with Gasteiger partial charge in [-0.25, -0.2) is 4.39 Å². The molecule has 0 radical (unpaired) electrons. The van der Waals surface area contributed by atoms with Crippen LogP contribution in [-0.2, 0) is 19.5 Å². The highest BCUT2D eigenvalue weighted by atomic mass is 28.4. The zero-order valence-electron chi connectivity index (χ0n) is 21.3. The average Bonchev–Trinajstić information content (AvgIpc) is 3.37. The van der Waals surface area contributed by atoms with E-state index in [1.54, 1.807) is 0 Å². The summed E-state index contributed by atoms with van der Waals surface area (Å²) in [5.41, 5.74) is 1.44. The monoisotopic (exact) mass is 463 g/mol. The van der Waals surface area contributed by atoms with Gasteiger partial charge in [0.15, 0.2) is 8.32 Å². The smallest absolute Gasteiger partial charge is 0.311 e. The summed E-state index contributed by atoms with van der Waals surface area (Å²) >= 11 is 0. The summed E-state index contributed by atoms with van der Waals surface area (Å²) in [6.45, 7) is 18.0. The first-order valence-electron chi connectivity index (χ1n) is 11.9. The summed E-state index contributed by atoms with van der Waals surface area (Å²) < 4.78 is 25.2. The van der Waals surface area contributed by atoms with Crippen molar-refractivity contribution in [1.82, 2.24) is 0 Å². The number of carbonyl (C=O) groups is 1. The van der Waals surface area contributed by atoms with Crippen LogP contribution in [0.4, 0.5) is 4.39 Å². The molecule has 1 aliphatic rings. The van der Waals surface area contributed by atoms with Gasteiger partial charge in [-0.15, -0.1) is 0 Å². The van der Waals surface area contributed by atoms with E-state index in [1.807, 2.05) is 32.9 Å². The lowest BCUT2D eigenvalue weighted by atomic mass is 9.87. The van der Waals surface area contributed by atoms with Crippen molar-refractivity contribution in [3.63, 3.8) is 0 Å². The van der Waals surface area contributed by atoms with Gasteiger partial charge >= 0.3 is 5.97 Å². The fourth-order valence-corrected chi connectivity index (χ4v) is 4.50. The Labute approximate surface area is 195 Å². The molecule has 6 heteroatoms. The van der Waals surface area contributed by atoms with Gasteiger partial charge in [-0.2, -0.15) is 0 Å². The number of nitrogens with zero attached hydrogens (tertiary/aromatic N) is 1. The number of unbranched alkanes of at least 4 members (excludes halogenated alkanes) is 1. The Morgan fingerprint density at radius 3 is 2.19 bits per heavy atom. The molecule has 0 saturated carbocycles. The molecule has 1 unspecified atom stereocenters. The SMILES string of the molecule is CC(C)(C)C(=O)OCCCCC1=NC1(CCCO[Si](C)(C)C(C)(C)C)c1ccc(F)cc1. The summed E-state index contributed by atoms with van der Waals surface area (Å²) in [7, 11) is -1.77. The number of ether oxygens (including phenoxy) is 1. The highest BCUT2D eigenvalue weighted by Gasteiger charge is 2.47. The maximum Gasteiger partial charge on any atom is 0.311 e. The second kappa shape index (κ2) is 10.2. The van der Waals surface area contributed by atoms with Gasteiger partial charge in [-0.1, -0.05) is 32.9 Å². The third kappa shape index (κ3) is 6.98. The number of hydrogen-bond acceptors (Lipinski definition) is 4. The minimum atomic E-state index is -1.77. The summed E-state index contributed by atoms with van der Waals surface area (Å²) in [4.78, 5) is 16.8. The molecule has 0 spiro atoms. The molecule has 0 N–H and O–H groups in total. The summed E-state index contributed by atoms with van der Waals surface area (Å²) in [6, 6.07) is 6.73. The molecule has 1 aromatic rings. The fraction of sp³-hybridized carbons (Fsp3) is 0.692. The first-order valence-corrected chi connectivity index (χ1v) is 14.8. The molecule has 1 aliphatic heterocycles. The van der Waals surface area contributed by atoms with Crippen molar-refractivity contribution in [2.45, 2.75) is 97.3 Å². The standard InChI is InChI=1S/C26H42FNO3Si/c1-24(2,3)23(29)30-18-10-9-12-22-26(28-22,20-13-15-21(27)16-14-20)17-11-19-31-32(7,8)25(4,5)6/h13-16H,9-12,17-19H2,1-8H3. The van der Waals surface area contributed by atoms with Crippen LogP contribution in [0, 0.1) is 11.2 Å². The van der Waals surface area contributed by atoms with Crippen molar-refractivity contribution in [3.05, 3.63) is 35.6 Å². The average molecular weight is 464 g/mol. The molecule has 0 amide bonds. The van der Waals surface area contributed by atoms with E-state index in [4.69, 9.17) is 14.2 Å². The van der Waals surface area contributed by atoms with Crippen LogP contribution >= 0.6 is 0 Å². The second-order valence-electron chi connectivity index (χ2n) is 11.5. The van der Waals surface area contributed by atoms with Crippen molar-refractivity contribution in [2.24, 2.45) is 10.4 Å². The quantitative estimate of drug-likeness (QED) is 0.201. The van der Waals surface area contributed by atoms with Crippen LogP contribution in [0.5, 0.6) is 0 Å². The van der Waals surface area contributed by atoms with E-state index in [0.29, 0.717) is 6.61 Å². The molecule has 0 saturated heterocycles. The minimum Gasteiger partial charge on any atom is -0.465 e. The van der Waals surface area contributed by atoms with Gasteiger partial charge in [0.25, 0.3) is 0 Å². The number of esters is 1. The van der Waals surface area contributed by atoms with Crippen molar-refractivity contribution in [2.75, 3.05) is 13.2 Å². The van der Waals surface area contributed by atoms with Gasteiger partial charge in [0, 0.05) is 12.3 Å². The second-order valence-corrected chi connectivity index (χ2v) is 16.3. The molecular formula is C26H42FNO3Si. The Balaban J connectivity index is 1.88. The summed E-state index contributed by atoms with van der Waals surface area (Å²) in [6.07, 6.45) is 4.39. The Hall–Kier alpha value is -1.53. The Bertz CT molecular complexity index is 806. The van der Waals surface area contributed by atoms with Crippen molar-refractivity contribution < 1.29 is 18.3 Å².